The van der Waals surface area contributed by atoms with E-state index in [4.69, 9.17) is 29.8 Å². The van der Waals surface area contributed by atoms with Crippen LogP contribution in [0.5, 0.6) is 0 Å². The van der Waals surface area contributed by atoms with Crippen molar-refractivity contribution in [3.8, 4) is 12.1 Å². The number of aromatic nitrogens is 4. The fourth-order valence-corrected chi connectivity index (χ4v) is 7.79. The molecule has 316 valence electrons. The molecule has 0 radical (unpaired) electrons. The van der Waals surface area contributed by atoms with Crippen LogP contribution in [0.25, 0.3) is 0 Å². The Hall–Kier alpha value is -7.16. The number of carbonyl (C=O) groups excluding carboxylic acids is 4. The Morgan fingerprint density at radius 3 is 1.74 bits per heavy atom. The highest BCUT2D eigenvalue weighted by molar-refractivity contribution is 6.08. The number of nitrogens with zero attached hydrogens (tertiary/aromatic N) is 8. The van der Waals surface area contributed by atoms with Gasteiger partial charge >= 0.3 is 12.2 Å². The van der Waals surface area contributed by atoms with Gasteiger partial charge < -0.3 is 50.4 Å². The summed E-state index contributed by atoms with van der Waals surface area (Å²) in [5.41, 5.74) is 5.86. The summed E-state index contributed by atoms with van der Waals surface area (Å²) < 4.78 is 24.9. The van der Waals surface area contributed by atoms with Crippen molar-refractivity contribution in [2.24, 2.45) is 5.73 Å². The normalized spacial score (nSPS) is 19.0. The van der Waals surface area contributed by atoms with Crippen LogP contribution >= 0.6 is 0 Å². The Bertz CT molecular complexity index is 2350. The molecular weight excluding hydrogens is 789 g/mol. The molecule has 20 nitrogen and oxygen atoms in total. The van der Waals surface area contributed by atoms with Crippen molar-refractivity contribution < 1.29 is 38.1 Å². The molecule has 0 spiro atoms. The largest absolute Gasteiger partial charge is 0.446 e. The molecule has 4 aliphatic heterocycles. The lowest BCUT2D eigenvalue weighted by Gasteiger charge is -2.48. The van der Waals surface area contributed by atoms with Crippen LogP contribution < -0.4 is 21.7 Å². The van der Waals surface area contributed by atoms with Crippen molar-refractivity contribution in [3.63, 3.8) is 0 Å². The Morgan fingerprint density at radius 2 is 1.20 bits per heavy atom. The van der Waals surface area contributed by atoms with Gasteiger partial charge in [0.05, 0.1) is 77.6 Å². The quantitative estimate of drug-likeness (QED) is 0.149. The van der Waals surface area contributed by atoms with Crippen LogP contribution in [-0.4, -0.2) is 118 Å². The molecule has 0 saturated carbocycles. The first-order chi connectivity index (χ1) is 29.6. The molecule has 4 aliphatic rings. The number of carbonyl (C=O) groups is 4. The van der Waals surface area contributed by atoms with Crippen LogP contribution in [-0.2, 0) is 30.0 Å². The fourth-order valence-electron chi connectivity index (χ4n) is 7.79. The van der Waals surface area contributed by atoms with Gasteiger partial charge in [0.2, 0.25) is 0 Å². The standard InChI is InChI=1S/C41H44N12O8/c42-15-13-40(23-51(24-40)39(57)61-31-12-19-59-22-31)52-20-32(34(44)54)35(48-52)46-28-6-8-29(9-7-28)47-37(55)33-21-53(49-36(33)45-27-4-2-1-3-5-27)41(14-16-43)25-50(26-41)38(56)60-30-10-17-58-18-11-30/h1-9,20-21,30-31H,10-14,17-19,22-26H2,(H2,44,54)(H,45,49)(H,46,48)(H,47,55). The monoisotopic (exact) mass is 832 g/mol. The van der Waals surface area contributed by atoms with E-state index < -0.39 is 35.1 Å². The third-order valence-corrected chi connectivity index (χ3v) is 11.2. The minimum atomic E-state index is -0.900. The maximum absolute atomic E-state index is 13.9. The molecule has 2 aromatic heterocycles. The smallest absolute Gasteiger partial charge is 0.410 e. The van der Waals surface area contributed by atoms with Gasteiger partial charge in [-0.25, -0.2) is 9.59 Å². The molecule has 6 heterocycles. The highest BCUT2D eigenvalue weighted by Gasteiger charge is 2.50. The average molecular weight is 833 g/mol. The predicted octanol–water partition coefficient (Wildman–Crippen LogP) is 4.01. The average Bonchev–Trinajstić information content (AvgIpc) is 4.00. The maximum Gasteiger partial charge on any atom is 0.410 e. The lowest BCUT2D eigenvalue weighted by molar-refractivity contribution is -0.0408. The first-order valence-corrected chi connectivity index (χ1v) is 19.9. The minimum Gasteiger partial charge on any atom is -0.446 e. The summed E-state index contributed by atoms with van der Waals surface area (Å²) in [4.78, 5) is 55.2. The number of benzene rings is 2. The molecule has 8 rings (SSSR count). The van der Waals surface area contributed by atoms with Gasteiger partial charge in [0, 0.05) is 48.7 Å². The molecule has 20 heteroatoms. The van der Waals surface area contributed by atoms with E-state index >= 15 is 0 Å². The second-order valence-corrected chi connectivity index (χ2v) is 15.6. The number of nitrogens with two attached hydrogens (primary N) is 1. The number of hydrogen-bond donors (Lipinski definition) is 4. The first-order valence-electron chi connectivity index (χ1n) is 19.9. The topological polar surface area (TPSA) is 257 Å². The Labute approximate surface area is 350 Å². The first kappa shape index (κ1) is 40.6. The van der Waals surface area contributed by atoms with Gasteiger partial charge in [-0.2, -0.15) is 20.7 Å². The summed E-state index contributed by atoms with van der Waals surface area (Å²) in [6, 6.07) is 20.2. The fraction of sp³-hybridized carbons (Fsp3) is 0.415. The Morgan fingerprint density at radius 1 is 0.705 bits per heavy atom. The number of hydrogen-bond acceptors (Lipinski definition) is 14. The van der Waals surface area contributed by atoms with E-state index in [9.17, 15) is 29.7 Å². The van der Waals surface area contributed by atoms with Gasteiger partial charge in [0.15, 0.2) is 11.6 Å². The van der Waals surface area contributed by atoms with Crippen molar-refractivity contribution >= 4 is 52.7 Å². The van der Waals surface area contributed by atoms with Crippen LogP contribution in [0.4, 0.5) is 38.3 Å². The molecule has 1 atom stereocenters. The number of ether oxygens (including phenoxy) is 4. The van der Waals surface area contributed by atoms with E-state index in [1.807, 2.05) is 30.3 Å². The van der Waals surface area contributed by atoms with Crippen LogP contribution in [0.2, 0.25) is 0 Å². The highest BCUT2D eigenvalue weighted by atomic mass is 16.6. The second-order valence-electron chi connectivity index (χ2n) is 15.6. The summed E-state index contributed by atoms with van der Waals surface area (Å²) >= 11 is 0. The molecule has 1 unspecified atom stereocenters. The van der Waals surface area contributed by atoms with Crippen LogP contribution in [0.3, 0.4) is 0 Å². The summed E-state index contributed by atoms with van der Waals surface area (Å²) in [5.74, 6) is -0.836. The van der Waals surface area contributed by atoms with Gasteiger partial charge in [-0.1, -0.05) is 18.2 Å². The number of nitrogens with one attached hydrogen (secondary N) is 3. The summed E-state index contributed by atoms with van der Waals surface area (Å²) in [6.07, 6.45) is 3.44. The summed E-state index contributed by atoms with van der Waals surface area (Å²) in [6.45, 7) is 2.55. The molecule has 5 N–H and O–H groups in total. The molecule has 2 aromatic carbocycles. The van der Waals surface area contributed by atoms with Gasteiger partial charge in [0.1, 0.15) is 34.4 Å². The van der Waals surface area contributed by atoms with Crippen LogP contribution in [0, 0.1) is 22.7 Å². The summed E-state index contributed by atoms with van der Waals surface area (Å²) in [5, 5.41) is 38.1. The molecular formula is C41H44N12O8. The van der Waals surface area contributed by atoms with Crippen molar-refractivity contribution in [1.82, 2.24) is 29.4 Å². The lowest BCUT2D eigenvalue weighted by atomic mass is 9.87. The second kappa shape index (κ2) is 17.2. The molecule has 0 bridgehead atoms. The van der Waals surface area contributed by atoms with Gasteiger partial charge in [0.25, 0.3) is 11.8 Å². The van der Waals surface area contributed by atoms with E-state index in [-0.39, 0.29) is 74.0 Å². The Balaban J connectivity index is 0.960. The van der Waals surface area contributed by atoms with Crippen LogP contribution in [0.1, 0.15) is 52.8 Å². The van der Waals surface area contributed by atoms with Gasteiger partial charge in [-0.05, 0) is 36.4 Å². The van der Waals surface area contributed by atoms with Crippen molar-refractivity contribution in [2.45, 2.75) is 55.4 Å². The molecule has 61 heavy (non-hydrogen) atoms. The highest BCUT2D eigenvalue weighted by Crippen LogP contribution is 2.37. The van der Waals surface area contributed by atoms with Crippen LogP contribution in [0.15, 0.2) is 67.0 Å². The van der Waals surface area contributed by atoms with E-state index in [1.165, 1.54) is 20.7 Å². The zero-order chi connectivity index (χ0) is 42.6. The third kappa shape index (κ3) is 8.62. The van der Waals surface area contributed by atoms with Crippen molar-refractivity contribution in [2.75, 3.05) is 68.6 Å². The number of anilines is 5. The number of para-hydroxylation sites is 1. The molecule has 0 aliphatic carbocycles. The van der Waals surface area contributed by atoms with Crippen molar-refractivity contribution in [1.29, 1.82) is 10.5 Å². The SMILES string of the molecule is N#CCC1(n2cc(C(N)=O)c(Nc3ccc(NC(=O)c4cn(C5(CC#N)CN(C(=O)OC6CCOCC6)C5)nc4Nc4ccccc4)cc3)n2)CN(C(=O)OC2CCOC2)C1. The van der Waals surface area contributed by atoms with E-state index in [1.54, 1.807) is 35.1 Å². The number of amides is 4. The number of nitriles is 2. The molecule has 4 saturated heterocycles. The van der Waals surface area contributed by atoms with Gasteiger partial charge in [-0.3, -0.25) is 19.0 Å². The van der Waals surface area contributed by atoms with Crippen molar-refractivity contribution in [3.05, 3.63) is 78.1 Å². The zero-order valence-corrected chi connectivity index (χ0v) is 33.1. The molecule has 4 fully saturated rings. The molecule has 4 amide bonds. The summed E-state index contributed by atoms with van der Waals surface area (Å²) in [7, 11) is 0. The number of likely N-dealkylation sites (tertiary alicyclic amines) is 2. The minimum absolute atomic E-state index is 0.0157. The number of primary amides is 1. The van der Waals surface area contributed by atoms with Gasteiger partial charge in [-0.15, -0.1) is 0 Å². The lowest BCUT2D eigenvalue weighted by Crippen LogP contribution is -2.64. The number of rotatable bonds is 13. The predicted molar refractivity (Wildman–Crippen MR) is 216 cm³/mol. The van der Waals surface area contributed by atoms with E-state index in [0.717, 1.165) is 0 Å². The Kier molecular flexibility index (Phi) is 11.5. The zero-order valence-electron chi connectivity index (χ0n) is 33.1. The van der Waals surface area contributed by atoms with E-state index in [0.29, 0.717) is 62.8 Å². The van der Waals surface area contributed by atoms with E-state index in [2.05, 4.69) is 33.2 Å². The third-order valence-electron chi connectivity index (χ3n) is 11.2. The maximum atomic E-state index is 13.9. The molecule has 4 aromatic rings.